The molecule has 88 valence electrons. The summed E-state index contributed by atoms with van der Waals surface area (Å²) in [5, 5.41) is 10.2. The Balaban J connectivity index is 2.16. The summed E-state index contributed by atoms with van der Waals surface area (Å²) in [7, 11) is 0. The van der Waals surface area contributed by atoms with E-state index in [1.165, 1.54) is 12.1 Å². The molecule has 1 heterocycles. The lowest BCUT2D eigenvalue weighted by Crippen LogP contribution is -1.83. The Labute approximate surface area is 103 Å². The van der Waals surface area contributed by atoms with E-state index < -0.39 is 5.82 Å². The topological polar surface area (TPSA) is 33.1 Å². The van der Waals surface area contributed by atoms with E-state index in [1.807, 2.05) is 30.3 Å². The van der Waals surface area contributed by atoms with Crippen molar-refractivity contribution < 1.29 is 9.50 Å². The summed E-state index contributed by atoms with van der Waals surface area (Å²) in [5.41, 5.74) is 2.46. The van der Waals surface area contributed by atoms with Gasteiger partial charge in [-0.15, -0.1) is 0 Å². The van der Waals surface area contributed by atoms with Crippen LogP contribution in [0.2, 0.25) is 0 Å². The molecule has 0 fully saturated rings. The Morgan fingerprint density at radius 1 is 0.944 bits per heavy atom. The lowest BCUT2D eigenvalue weighted by atomic mass is 10.0. The second-order valence-electron chi connectivity index (χ2n) is 4.08. The van der Waals surface area contributed by atoms with Crippen LogP contribution in [0.3, 0.4) is 0 Å². The van der Waals surface area contributed by atoms with Crippen molar-refractivity contribution in [2.75, 3.05) is 0 Å². The SMILES string of the molecule is Oc1ccc(-c2ccc3cccnc3c2)cc1F. The minimum Gasteiger partial charge on any atom is -0.505 e. The quantitative estimate of drug-likeness (QED) is 0.701. The number of halogens is 1. The van der Waals surface area contributed by atoms with E-state index in [4.69, 9.17) is 0 Å². The lowest BCUT2D eigenvalue weighted by molar-refractivity contribution is 0.432. The Hall–Kier alpha value is -2.42. The number of nitrogens with zero attached hydrogens (tertiary/aromatic N) is 1. The average Bonchev–Trinajstić information content (AvgIpc) is 2.41. The van der Waals surface area contributed by atoms with Gasteiger partial charge in [0, 0.05) is 11.6 Å². The Bertz CT molecular complexity index is 725. The number of aromatic hydroxyl groups is 1. The molecule has 2 nitrogen and oxygen atoms in total. The molecule has 3 heteroatoms. The van der Waals surface area contributed by atoms with Crippen molar-refractivity contribution in [2.45, 2.75) is 0 Å². The van der Waals surface area contributed by atoms with Gasteiger partial charge in [0.2, 0.25) is 0 Å². The summed E-state index contributed by atoms with van der Waals surface area (Å²) in [6.45, 7) is 0. The number of rotatable bonds is 1. The van der Waals surface area contributed by atoms with E-state index in [1.54, 1.807) is 12.3 Å². The van der Waals surface area contributed by atoms with Crippen LogP contribution in [0.4, 0.5) is 4.39 Å². The molecule has 0 aliphatic rings. The molecule has 1 aromatic heterocycles. The highest BCUT2D eigenvalue weighted by atomic mass is 19.1. The molecule has 2 aromatic carbocycles. The van der Waals surface area contributed by atoms with Crippen LogP contribution in [0.15, 0.2) is 54.7 Å². The molecule has 0 unspecified atom stereocenters. The predicted octanol–water partition coefficient (Wildman–Crippen LogP) is 3.75. The molecule has 0 amide bonds. The third-order valence-corrected chi connectivity index (χ3v) is 2.89. The predicted molar refractivity (Wildman–Crippen MR) is 68.8 cm³/mol. The number of phenols is 1. The Morgan fingerprint density at radius 3 is 2.56 bits per heavy atom. The van der Waals surface area contributed by atoms with E-state index >= 15 is 0 Å². The van der Waals surface area contributed by atoms with Crippen molar-refractivity contribution in [1.29, 1.82) is 0 Å². The van der Waals surface area contributed by atoms with Gasteiger partial charge < -0.3 is 5.11 Å². The average molecular weight is 239 g/mol. The van der Waals surface area contributed by atoms with Crippen LogP contribution >= 0.6 is 0 Å². The van der Waals surface area contributed by atoms with Gasteiger partial charge >= 0.3 is 0 Å². The van der Waals surface area contributed by atoms with E-state index in [-0.39, 0.29) is 5.75 Å². The largest absolute Gasteiger partial charge is 0.505 e. The van der Waals surface area contributed by atoms with Gasteiger partial charge in [0.15, 0.2) is 11.6 Å². The maximum absolute atomic E-state index is 13.3. The van der Waals surface area contributed by atoms with Crippen LogP contribution in [0.25, 0.3) is 22.0 Å². The Kier molecular flexibility index (Phi) is 2.45. The molecule has 18 heavy (non-hydrogen) atoms. The molecule has 0 aliphatic carbocycles. The van der Waals surface area contributed by atoms with Crippen molar-refractivity contribution in [3.05, 3.63) is 60.5 Å². The number of fused-ring (bicyclic) bond motifs is 1. The fraction of sp³-hybridized carbons (Fsp3) is 0. The van der Waals surface area contributed by atoms with Gasteiger partial charge in [-0.1, -0.05) is 24.3 Å². The third kappa shape index (κ3) is 1.80. The second-order valence-corrected chi connectivity index (χ2v) is 4.08. The van der Waals surface area contributed by atoms with Gasteiger partial charge in [-0.25, -0.2) is 4.39 Å². The highest BCUT2D eigenvalue weighted by Crippen LogP contribution is 2.26. The monoisotopic (exact) mass is 239 g/mol. The van der Waals surface area contributed by atoms with E-state index in [0.29, 0.717) is 0 Å². The fourth-order valence-electron chi connectivity index (χ4n) is 1.93. The van der Waals surface area contributed by atoms with Crippen LogP contribution in [0, 0.1) is 5.82 Å². The molecule has 1 N–H and O–H groups in total. The first-order chi connectivity index (χ1) is 8.74. The second kappa shape index (κ2) is 4.11. The lowest BCUT2D eigenvalue weighted by Gasteiger charge is -2.04. The molecule has 3 rings (SSSR count). The van der Waals surface area contributed by atoms with E-state index in [9.17, 15) is 9.50 Å². The van der Waals surface area contributed by atoms with E-state index in [0.717, 1.165) is 22.0 Å². The maximum atomic E-state index is 13.3. The third-order valence-electron chi connectivity index (χ3n) is 2.89. The first kappa shape index (κ1) is 10.7. The zero-order valence-electron chi connectivity index (χ0n) is 9.47. The highest BCUT2D eigenvalue weighted by molar-refractivity contribution is 5.84. The van der Waals surface area contributed by atoms with Gasteiger partial charge in [0.25, 0.3) is 0 Å². The van der Waals surface area contributed by atoms with Crippen LogP contribution in [0.1, 0.15) is 0 Å². The van der Waals surface area contributed by atoms with Gasteiger partial charge in [0.1, 0.15) is 0 Å². The first-order valence-corrected chi connectivity index (χ1v) is 5.58. The molecule has 0 spiro atoms. The molecule has 0 saturated heterocycles. The molecular formula is C15H10FNO. The zero-order valence-corrected chi connectivity index (χ0v) is 9.47. The number of hydrogen-bond donors (Lipinski definition) is 1. The van der Waals surface area contributed by atoms with Gasteiger partial charge in [-0.2, -0.15) is 0 Å². The molecule has 3 aromatic rings. The normalized spacial score (nSPS) is 10.7. The van der Waals surface area contributed by atoms with Crippen LogP contribution in [-0.4, -0.2) is 10.1 Å². The molecule has 0 saturated carbocycles. The Morgan fingerprint density at radius 2 is 1.72 bits per heavy atom. The number of benzene rings is 2. The molecular weight excluding hydrogens is 229 g/mol. The number of hydrogen-bond acceptors (Lipinski definition) is 2. The maximum Gasteiger partial charge on any atom is 0.165 e. The molecule has 0 aliphatic heterocycles. The summed E-state index contributed by atoms with van der Waals surface area (Å²) in [4.78, 5) is 4.26. The fourth-order valence-corrected chi connectivity index (χ4v) is 1.93. The number of aromatic nitrogens is 1. The van der Waals surface area contributed by atoms with Crippen molar-refractivity contribution in [1.82, 2.24) is 4.98 Å². The smallest absolute Gasteiger partial charge is 0.165 e. The zero-order chi connectivity index (χ0) is 12.5. The van der Waals surface area contributed by atoms with Crippen LogP contribution in [-0.2, 0) is 0 Å². The van der Waals surface area contributed by atoms with Crippen LogP contribution < -0.4 is 0 Å². The summed E-state index contributed by atoms with van der Waals surface area (Å²) in [6.07, 6.45) is 1.73. The minimum atomic E-state index is -0.617. The molecule has 0 bridgehead atoms. The molecule has 0 radical (unpaired) electrons. The number of phenolic OH excluding ortho intramolecular Hbond substituents is 1. The minimum absolute atomic E-state index is 0.335. The van der Waals surface area contributed by atoms with Crippen molar-refractivity contribution >= 4 is 10.9 Å². The van der Waals surface area contributed by atoms with Gasteiger partial charge in [-0.3, -0.25) is 4.98 Å². The van der Waals surface area contributed by atoms with Crippen molar-refractivity contribution in [3.63, 3.8) is 0 Å². The van der Waals surface area contributed by atoms with Gasteiger partial charge in [0.05, 0.1) is 5.52 Å². The van der Waals surface area contributed by atoms with Crippen molar-refractivity contribution in [3.8, 4) is 16.9 Å². The first-order valence-electron chi connectivity index (χ1n) is 5.58. The van der Waals surface area contributed by atoms with Gasteiger partial charge in [-0.05, 0) is 35.4 Å². The summed E-state index contributed by atoms with van der Waals surface area (Å²) < 4.78 is 13.3. The summed E-state index contributed by atoms with van der Waals surface area (Å²) in [5.74, 6) is -0.953. The van der Waals surface area contributed by atoms with E-state index in [2.05, 4.69) is 4.98 Å². The highest BCUT2D eigenvalue weighted by Gasteiger charge is 2.04. The van der Waals surface area contributed by atoms with Crippen molar-refractivity contribution in [2.24, 2.45) is 0 Å². The standard InChI is InChI=1S/C15H10FNO/c16-13-8-11(5-6-15(13)18)12-4-3-10-2-1-7-17-14(10)9-12/h1-9,18H. The molecule has 0 atom stereocenters. The number of pyridine rings is 1. The summed E-state index contributed by atoms with van der Waals surface area (Å²) in [6, 6.07) is 14.0. The summed E-state index contributed by atoms with van der Waals surface area (Å²) >= 11 is 0. The van der Waals surface area contributed by atoms with Crippen LogP contribution in [0.5, 0.6) is 5.75 Å².